The Morgan fingerprint density at radius 3 is 2.62 bits per heavy atom. The highest BCUT2D eigenvalue weighted by Gasteiger charge is 2.24. The van der Waals surface area contributed by atoms with Crippen LogP contribution in [0, 0.1) is 5.92 Å². The Morgan fingerprint density at radius 1 is 1.21 bits per heavy atom. The Morgan fingerprint density at radius 2 is 1.96 bits per heavy atom. The van der Waals surface area contributed by atoms with Crippen LogP contribution in [-0.2, 0) is 19.3 Å². The molecule has 0 saturated heterocycles. The van der Waals surface area contributed by atoms with Gasteiger partial charge >= 0.3 is 0 Å². The Labute approximate surface area is 149 Å². The molecule has 3 rings (SSSR count). The number of rotatable bonds is 4. The van der Waals surface area contributed by atoms with Crippen LogP contribution >= 0.6 is 12.2 Å². The number of hydrogen-bond donors (Lipinski definition) is 1. The molecule has 0 aliphatic heterocycles. The first-order chi connectivity index (χ1) is 11.6. The van der Waals surface area contributed by atoms with Crippen molar-refractivity contribution in [1.29, 1.82) is 0 Å². The number of anilines is 1. The number of benzene rings is 2. The minimum Gasteiger partial charge on any atom is -0.350 e. The lowest BCUT2D eigenvalue weighted by Crippen LogP contribution is -2.27. The summed E-state index contributed by atoms with van der Waals surface area (Å²) in [5.74, 6) is 0.488. The van der Waals surface area contributed by atoms with Crippen molar-refractivity contribution in [3.63, 3.8) is 0 Å². The van der Waals surface area contributed by atoms with Crippen molar-refractivity contribution in [2.24, 2.45) is 5.92 Å². The molecular weight excluding hydrogens is 314 g/mol. The largest absolute Gasteiger partial charge is 0.350 e. The standard InChI is InChI=1S/C21H23NOS/c1-3-15-7-10-18(11-8-15)22-21(24)17-9-12-20-16(13-17)5-4-6-19(20)14(2)23/h4-8,10-11,17H,3,9,12-13H2,1-2H3,(H,22,24). The molecule has 1 aliphatic rings. The summed E-state index contributed by atoms with van der Waals surface area (Å²) in [6.45, 7) is 3.80. The quantitative estimate of drug-likeness (QED) is 0.629. The fraction of sp³-hybridized carbons (Fsp3) is 0.333. The molecule has 2 aromatic rings. The van der Waals surface area contributed by atoms with E-state index in [1.54, 1.807) is 6.92 Å². The lowest BCUT2D eigenvalue weighted by molar-refractivity contribution is 0.101. The van der Waals surface area contributed by atoms with Crippen molar-refractivity contribution in [1.82, 2.24) is 0 Å². The molecule has 3 heteroatoms. The molecule has 0 spiro atoms. The van der Waals surface area contributed by atoms with E-state index in [0.717, 1.165) is 41.9 Å². The lowest BCUT2D eigenvalue weighted by atomic mass is 9.81. The van der Waals surface area contributed by atoms with Gasteiger partial charge in [-0.3, -0.25) is 4.79 Å². The third kappa shape index (κ3) is 3.57. The van der Waals surface area contributed by atoms with Gasteiger partial charge in [0.25, 0.3) is 0 Å². The van der Waals surface area contributed by atoms with Gasteiger partial charge in [0.15, 0.2) is 5.78 Å². The van der Waals surface area contributed by atoms with E-state index < -0.39 is 0 Å². The number of hydrogen-bond acceptors (Lipinski definition) is 2. The summed E-state index contributed by atoms with van der Waals surface area (Å²) in [5.41, 5.74) is 5.75. The average Bonchev–Trinajstić information content (AvgIpc) is 2.61. The second kappa shape index (κ2) is 7.27. The van der Waals surface area contributed by atoms with Gasteiger partial charge in [-0.05, 0) is 61.4 Å². The molecule has 0 heterocycles. The molecule has 0 radical (unpaired) electrons. The first kappa shape index (κ1) is 16.8. The molecule has 1 atom stereocenters. The number of thiocarbonyl (C=S) groups is 1. The smallest absolute Gasteiger partial charge is 0.160 e. The summed E-state index contributed by atoms with van der Waals surface area (Å²) in [6, 6.07) is 14.5. The number of carbonyl (C=O) groups is 1. The molecule has 2 aromatic carbocycles. The summed E-state index contributed by atoms with van der Waals surface area (Å²) >= 11 is 5.65. The number of Topliss-reactive ketones (excluding diaryl/α,β-unsaturated/α-hetero) is 1. The Balaban J connectivity index is 1.71. The second-order valence-electron chi connectivity index (χ2n) is 6.48. The van der Waals surface area contributed by atoms with Gasteiger partial charge in [-0.15, -0.1) is 0 Å². The predicted octanol–water partition coefficient (Wildman–Crippen LogP) is 5.00. The minimum absolute atomic E-state index is 0.155. The lowest BCUT2D eigenvalue weighted by Gasteiger charge is -2.27. The van der Waals surface area contributed by atoms with Crippen LogP contribution in [-0.4, -0.2) is 10.8 Å². The van der Waals surface area contributed by atoms with Crippen LogP contribution in [0.3, 0.4) is 0 Å². The predicted molar refractivity (Wildman–Crippen MR) is 104 cm³/mol. The highest BCUT2D eigenvalue weighted by molar-refractivity contribution is 7.80. The zero-order valence-electron chi connectivity index (χ0n) is 14.3. The van der Waals surface area contributed by atoms with Crippen molar-refractivity contribution >= 4 is 28.7 Å². The third-order valence-corrected chi connectivity index (χ3v) is 5.30. The van der Waals surface area contributed by atoms with E-state index in [9.17, 15) is 4.79 Å². The maximum atomic E-state index is 11.8. The van der Waals surface area contributed by atoms with E-state index >= 15 is 0 Å². The number of nitrogens with one attached hydrogen (secondary N) is 1. The number of ketones is 1. The van der Waals surface area contributed by atoms with Crippen LogP contribution in [0.15, 0.2) is 42.5 Å². The normalized spacial score (nSPS) is 16.3. The van der Waals surface area contributed by atoms with Crippen LogP contribution in [0.4, 0.5) is 5.69 Å². The van der Waals surface area contributed by atoms with Crippen molar-refractivity contribution in [3.05, 3.63) is 64.7 Å². The van der Waals surface area contributed by atoms with Gasteiger partial charge in [0.1, 0.15) is 0 Å². The summed E-state index contributed by atoms with van der Waals surface area (Å²) < 4.78 is 0. The van der Waals surface area contributed by atoms with Gasteiger partial charge < -0.3 is 5.32 Å². The van der Waals surface area contributed by atoms with Gasteiger partial charge in [-0.25, -0.2) is 0 Å². The maximum Gasteiger partial charge on any atom is 0.160 e. The van der Waals surface area contributed by atoms with E-state index in [4.69, 9.17) is 12.2 Å². The van der Waals surface area contributed by atoms with Gasteiger partial charge in [0.2, 0.25) is 0 Å². The molecule has 124 valence electrons. The number of fused-ring (bicyclic) bond motifs is 1. The minimum atomic E-state index is 0.155. The Kier molecular flexibility index (Phi) is 5.10. The van der Waals surface area contributed by atoms with Crippen LogP contribution in [0.25, 0.3) is 0 Å². The van der Waals surface area contributed by atoms with Crippen LogP contribution in [0.2, 0.25) is 0 Å². The van der Waals surface area contributed by atoms with Crippen molar-refractivity contribution in [2.75, 3.05) is 5.32 Å². The van der Waals surface area contributed by atoms with Gasteiger partial charge in [0.05, 0.1) is 4.99 Å². The highest BCUT2D eigenvalue weighted by atomic mass is 32.1. The zero-order chi connectivity index (χ0) is 17.1. The first-order valence-electron chi connectivity index (χ1n) is 8.60. The fourth-order valence-electron chi connectivity index (χ4n) is 3.43. The summed E-state index contributed by atoms with van der Waals surface area (Å²) in [4.78, 5) is 12.7. The first-order valence-corrected chi connectivity index (χ1v) is 9.00. The van der Waals surface area contributed by atoms with E-state index in [-0.39, 0.29) is 5.78 Å². The highest BCUT2D eigenvalue weighted by Crippen LogP contribution is 2.29. The van der Waals surface area contributed by atoms with Crippen LogP contribution in [0.1, 0.15) is 47.3 Å². The fourth-order valence-corrected chi connectivity index (χ4v) is 3.75. The van der Waals surface area contributed by atoms with Crippen molar-refractivity contribution < 1.29 is 4.79 Å². The van der Waals surface area contributed by atoms with Crippen LogP contribution in [0.5, 0.6) is 0 Å². The van der Waals surface area contributed by atoms with Gasteiger partial charge in [-0.2, -0.15) is 0 Å². The second-order valence-corrected chi connectivity index (χ2v) is 6.92. The number of aryl methyl sites for hydroxylation is 1. The van der Waals surface area contributed by atoms with Crippen LogP contribution < -0.4 is 5.32 Å². The van der Waals surface area contributed by atoms with Gasteiger partial charge in [-0.1, -0.05) is 49.5 Å². The molecule has 0 aromatic heterocycles. The molecule has 24 heavy (non-hydrogen) atoms. The summed E-state index contributed by atoms with van der Waals surface area (Å²) in [6.07, 6.45) is 3.88. The Hall–Kier alpha value is -2.00. The summed E-state index contributed by atoms with van der Waals surface area (Å²) in [5, 5.41) is 3.40. The van der Waals surface area contributed by atoms with Crippen molar-refractivity contribution in [3.8, 4) is 0 Å². The van der Waals surface area contributed by atoms with E-state index in [1.807, 2.05) is 12.1 Å². The molecule has 2 nitrogen and oxygen atoms in total. The maximum absolute atomic E-state index is 11.8. The molecule has 0 amide bonds. The molecule has 1 unspecified atom stereocenters. The molecule has 1 N–H and O–H groups in total. The molecule has 1 aliphatic carbocycles. The van der Waals surface area contributed by atoms with E-state index in [1.165, 1.54) is 16.7 Å². The van der Waals surface area contributed by atoms with Gasteiger partial charge in [0, 0.05) is 17.2 Å². The SMILES string of the molecule is CCc1ccc(NC(=S)C2CCc3c(cccc3C(C)=O)C2)cc1. The molecular formula is C21H23NOS. The summed E-state index contributed by atoms with van der Waals surface area (Å²) in [7, 11) is 0. The topological polar surface area (TPSA) is 29.1 Å². The average molecular weight is 337 g/mol. The molecule has 0 fully saturated rings. The third-order valence-electron chi connectivity index (χ3n) is 4.86. The van der Waals surface area contributed by atoms with E-state index in [0.29, 0.717) is 5.92 Å². The zero-order valence-corrected chi connectivity index (χ0v) is 15.1. The Bertz CT molecular complexity index is 764. The van der Waals surface area contributed by atoms with Crippen molar-refractivity contribution in [2.45, 2.75) is 39.5 Å². The molecule has 0 saturated carbocycles. The monoisotopic (exact) mass is 337 g/mol. The van der Waals surface area contributed by atoms with E-state index in [2.05, 4.69) is 42.6 Å². The molecule has 0 bridgehead atoms. The number of carbonyl (C=O) groups excluding carboxylic acids is 1.